The molecule has 2 aromatic rings. The van der Waals surface area contributed by atoms with Crippen LogP contribution in [-0.2, 0) is 11.2 Å². The number of benzene rings is 1. The highest BCUT2D eigenvalue weighted by atomic mass is 16.5. The van der Waals surface area contributed by atoms with E-state index in [4.69, 9.17) is 10.00 Å². The second-order valence-electron chi connectivity index (χ2n) is 8.06. The van der Waals surface area contributed by atoms with E-state index >= 15 is 0 Å². The van der Waals surface area contributed by atoms with Crippen LogP contribution >= 0.6 is 0 Å². The minimum absolute atomic E-state index is 0.106. The summed E-state index contributed by atoms with van der Waals surface area (Å²) < 4.78 is 6.00. The van der Waals surface area contributed by atoms with Crippen molar-refractivity contribution in [2.24, 2.45) is 5.92 Å². The molecule has 1 aliphatic carbocycles. The van der Waals surface area contributed by atoms with E-state index in [0.717, 1.165) is 50.3 Å². The highest BCUT2D eigenvalue weighted by Crippen LogP contribution is 2.41. The Morgan fingerprint density at radius 3 is 2.81 bits per heavy atom. The van der Waals surface area contributed by atoms with Gasteiger partial charge >= 0.3 is 5.97 Å². The number of aromatic nitrogens is 1. The Morgan fingerprint density at radius 1 is 1.32 bits per heavy atom. The fourth-order valence-corrected chi connectivity index (χ4v) is 4.46. The number of pyridine rings is 1. The van der Waals surface area contributed by atoms with E-state index in [1.807, 2.05) is 19.1 Å². The third-order valence-electron chi connectivity index (χ3n) is 6.02. The van der Waals surface area contributed by atoms with Crippen molar-refractivity contribution >= 4 is 11.8 Å². The predicted octanol–water partition coefficient (Wildman–Crippen LogP) is 4.78. The number of hydrogen-bond donors (Lipinski definition) is 1. The van der Waals surface area contributed by atoms with Crippen LogP contribution in [0.2, 0.25) is 0 Å². The molecule has 0 aliphatic heterocycles. The van der Waals surface area contributed by atoms with Crippen molar-refractivity contribution in [3.63, 3.8) is 0 Å². The van der Waals surface area contributed by atoms with Gasteiger partial charge in [0.2, 0.25) is 0 Å². The molecular weight excluding hydrogens is 390 g/mol. The summed E-state index contributed by atoms with van der Waals surface area (Å²) in [5, 5.41) is 18.4. The number of anilines is 1. The fourth-order valence-electron chi connectivity index (χ4n) is 4.46. The lowest BCUT2D eigenvalue weighted by Crippen LogP contribution is -2.27. The zero-order valence-electron chi connectivity index (χ0n) is 18.4. The first kappa shape index (κ1) is 22.6. The Bertz CT molecular complexity index is 921. The zero-order chi connectivity index (χ0) is 22.2. The summed E-state index contributed by atoms with van der Waals surface area (Å²) in [6, 6.07) is 11.9. The number of nitriles is 1. The monoisotopic (exact) mass is 421 g/mol. The van der Waals surface area contributed by atoms with Gasteiger partial charge in [-0.2, -0.15) is 5.26 Å². The molecule has 1 heterocycles. The molecule has 1 N–H and O–H groups in total. The number of carbonyl (C=O) groups is 1. The minimum atomic E-state index is -0.700. The average molecular weight is 422 g/mol. The lowest BCUT2D eigenvalue weighted by Gasteiger charge is -2.23. The van der Waals surface area contributed by atoms with E-state index in [9.17, 15) is 9.90 Å². The van der Waals surface area contributed by atoms with E-state index in [1.54, 1.807) is 12.3 Å². The summed E-state index contributed by atoms with van der Waals surface area (Å²) in [4.78, 5) is 18.2. The maximum atomic E-state index is 11.6. The average Bonchev–Trinajstić information content (AvgIpc) is 3.19. The zero-order valence-corrected chi connectivity index (χ0v) is 18.4. The molecule has 6 heteroatoms. The van der Waals surface area contributed by atoms with Gasteiger partial charge in [-0.15, -0.1) is 0 Å². The Morgan fingerprint density at radius 2 is 2.16 bits per heavy atom. The second kappa shape index (κ2) is 10.8. The molecule has 164 valence electrons. The first-order valence-electron chi connectivity index (χ1n) is 11.2. The van der Waals surface area contributed by atoms with E-state index in [1.165, 1.54) is 11.1 Å². The van der Waals surface area contributed by atoms with Gasteiger partial charge < -0.3 is 14.7 Å². The molecule has 0 spiro atoms. The molecule has 2 atom stereocenters. The summed E-state index contributed by atoms with van der Waals surface area (Å²) in [6.45, 7) is 6.42. The van der Waals surface area contributed by atoms with Crippen molar-refractivity contribution in [2.45, 2.75) is 51.9 Å². The quantitative estimate of drug-likeness (QED) is 0.526. The van der Waals surface area contributed by atoms with E-state index in [2.05, 4.69) is 35.0 Å². The number of fused-ring (bicyclic) bond motifs is 1. The smallest absolute Gasteiger partial charge is 0.307 e. The van der Waals surface area contributed by atoms with E-state index in [0.29, 0.717) is 18.6 Å². The van der Waals surface area contributed by atoms with Crippen LogP contribution in [0.4, 0.5) is 5.82 Å². The molecule has 6 nitrogen and oxygen atoms in total. The van der Waals surface area contributed by atoms with Crippen LogP contribution in [0.3, 0.4) is 0 Å². The van der Waals surface area contributed by atoms with Gasteiger partial charge in [0, 0.05) is 19.3 Å². The van der Waals surface area contributed by atoms with Crippen LogP contribution in [0, 0.1) is 17.2 Å². The van der Waals surface area contributed by atoms with Crippen LogP contribution < -0.4 is 9.64 Å². The van der Waals surface area contributed by atoms with Gasteiger partial charge in [-0.25, -0.2) is 4.98 Å². The number of rotatable bonds is 11. The van der Waals surface area contributed by atoms with Crippen molar-refractivity contribution in [2.75, 3.05) is 24.6 Å². The fraction of sp³-hybridized carbons (Fsp3) is 0.480. The van der Waals surface area contributed by atoms with Crippen molar-refractivity contribution in [3.05, 3.63) is 53.2 Å². The summed E-state index contributed by atoms with van der Waals surface area (Å²) in [7, 11) is 0. The largest absolute Gasteiger partial charge is 0.494 e. The number of aryl methyl sites for hydroxylation is 1. The summed E-state index contributed by atoms with van der Waals surface area (Å²) >= 11 is 0. The normalized spacial score (nSPS) is 15.7. The maximum Gasteiger partial charge on any atom is 0.307 e. The van der Waals surface area contributed by atoms with Crippen LogP contribution in [0.5, 0.6) is 5.75 Å². The molecule has 1 aromatic heterocycles. The summed E-state index contributed by atoms with van der Waals surface area (Å²) in [6.07, 6.45) is 5.95. The molecule has 3 rings (SSSR count). The van der Waals surface area contributed by atoms with E-state index < -0.39 is 5.97 Å². The standard InChI is InChI=1S/C25H31N3O3/c1-3-12-28(24-11-6-18(16-26)17-27-24)13-5-14-31-20-8-10-22-19(15-20)7-9-23(22)21(4-2)25(29)30/h6,8,10-11,15,17,21,23H,3-5,7,9,12-14H2,1-2H3,(H,29,30)/t21?,23-/m0/s1. The maximum absolute atomic E-state index is 11.6. The third kappa shape index (κ3) is 5.55. The van der Waals surface area contributed by atoms with Gasteiger partial charge in [-0.3, -0.25) is 4.79 Å². The molecule has 31 heavy (non-hydrogen) atoms. The van der Waals surface area contributed by atoms with Gasteiger partial charge in [0.25, 0.3) is 0 Å². The van der Waals surface area contributed by atoms with Crippen LogP contribution in [0.15, 0.2) is 36.5 Å². The van der Waals surface area contributed by atoms with Gasteiger partial charge in [0.1, 0.15) is 17.6 Å². The Hall–Kier alpha value is -3.07. The molecule has 1 unspecified atom stereocenters. The number of carboxylic acids is 1. The number of aliphatic carboxylic acids is 1. The van der Waals surface area contributed by atoms with Gasteiger partial charge in [0.15, 0.2) is 0 Å². The molecule has 1 aromatic carbocycles. The molecule has 0 saturated heterocycles. The second-order valence-corrected chi connectivity index (χ2v) is 8.06. The van der Waals surface area contributed by atoms with Crippen molar-refractivity contribution < 1.29 is 14.6 Å². The molecule has 1 aliphatic rings. The number of carboxylic acid groups (broad SMARTS) is 1. The van der Waals surface area contributed by atoms with Crippen molar-refractivity contribution in [1.29, 1.82) is 5.26 Å². The number of hydrogen-bond acceptors (Lipinski definition) is 5. The van der Waals surface area contributed by atoms with Crippen LogP contribution in [0.25, 0.3) is 0 Å². The van der Waals surface area contributed by atoms with Gasteiger partial charge in [-0.05, 0) is 73.4 Å². The molecule has 0 fully saturated rings. The molecule has 0 radical (unpaired) electrons. The van der Waals surface area contributed by atoms with Crippen LogP contribution in [0.1, 0.15) is 62.1 Å². The highest BCUT2D eigenvalue weighted by molar-refractivity contribution is 5.72. The Balaban J connectivity index is 1.54. The molecule has 0 bridgehead atoms. The molecule has 0 saturated carbocycles. The summed E-state index contributed by atoms with van der Waals surface area (Å²) in [5.41, 5.74) is 2.95. The molecular formula is C25H31N3O3. The highest BCUT2D eigenvalue weighted by Gasteiger charge is 2.33. The van der Waals surface area contributed by atoms with Crippen molar-refractivity contribution in [3.8, 4) is 11.8 Å². The number of ether oxygens (including phenoxy) is 1. The first-order chi connectivity index (χ1) is 15.1. The SMILES string of the molecule is CCCN(CCCOc1ccc2c(c1)CC[C@H]2C(CC)C(=O)O)c1ccc(C#N)cn1. The molecule has 0 amide bonds. The number of nitrogens with zero attached hydrogens (tertiary/aromatic N) is 3. The minimum Gasteiger partial charge on any atom is -0.494 e. The summed E-state index contributed by atoms with van der Waals surface area (Å²) in [5.74, 6) is 0.825. The first-order valence-corrected chi connectivity index (χ1v) is 11.2. The Labute approximate surface area is 184 Å². The predicted molar refractivity (Wildman–Crippen MR) is 120 cm³/mol. The lowest BCUT2D eigenvalue weighted by atomic mass is 9.85. The lowest BCUT2D eigenvalue weighted by molar-refractivity contribution is -0.142. The van der Waals surface area contributed by atoms with Gasteiger partial charge in [0.05, 0.1) is 18.1 Å². The topological polar surface area (TPSA) is 86.5 Å². The van der Waals surface area contributed by atoms with E-state index in [-0.39, 0.29) is 11.8 Å². The van der Waals surface area contributed by atoms with Gasteiger partial charge in [-0.1, -0.05) is 19.9 Å². The van der Waals surface area contributed by atoms with Crippen molar-refractivity contribution in [1.82, 2.24) is 4.98 Å². The third-order valence-corrected chi connectivity index (χ3v) is 6.02. The Kier molecular flexibility index (Phi) is 7.88. The van der Waals surface area contributed by atoms with Crippen LogP contribution in [-0.4, -0.2) is 35.8 Å².